The van der Waals surface area contributed by atoms with Crippen molar-refractivity contribution in [3.05, 3.63) is 40.6 Å². The number of carbonyl (C=O) groups is 3. The maximum Gasteiger partial charge on any atom is 0.257 e. The van der Waals surface area contributed by atoms with Gasteiger partial charge in [0.15, 0.2) is 0 Å². The molecular weight excluding hydrogens is 417 g/mol. The van der Waals surface area contributed by atoms with Gasteiger partial charge in [0.1, 0.15) is 5.82 Å². The number of benzene rings is 1. The molecule has 8 heteroatoms. The summed E-state index contributed by atoms with van der Waals surface area (Å²) in [6, 6.07) is 6.36. The second kappa shape index (κ2) is 9.85. The first-order chi connectivity index (χ1) is 15.0. The fraction of sp³-hybridized carbons (Fsp3) is 0.522. The van der Waals surface area contributed by atoms with Crippen LogP contribution in [0.2, 0.25) is 0 Å². The fourth-order valence-electron chi connectivity index (χ4n) is 4.53. The number of hydrogen-bond acceptors (Lipinski definition) is 4. The van der Waals surface area contributed by atoms with E-state index in [9.17, 15) is 18.8 Å². The molecule has 0 radical (unpaired) electrons. The van der Waals surface area contributed by atoms with Crippen molar-refractivity contribution in [1.29, 1.82) is 0 Å². The Bertz CT molecular complexity index is 891. The highest BCUT2D eigenvalue weighted by atomic mass is 32.2. The molecule has 4 rings (SSSR count). The van der Waals surface area contributed by atoms with E-state index in [0.717, 1.165) is 32.2 Å². The molecule has 0 aromatic heterocycles. The predicted octanol–water partition coefficient (Wildman–Crippen LogP) is 2.70. The van der Waals surface area contributed by atoms with Crippen molar-refractivity contribution in [2.75, 3.05) is 19.6 Å². The van der Waals surface area contributed by atoms with E-state index in [0.29, 0.717) is 36.4 Å². The van der Waals surface area contributed by atoms with E-state index >= 15 is 0 Å². The molecule has 3 unspecified atom stereocenters. The number of nitrogens with one attached hydrogen (secondary N) is 2. The lowest BCUT2D eigenvalue weighted by Gasteiger charge is -2.39. The summed E-state index contributed by atoms with van der Waals surface area (Å²) in [5.74, 6) is -0.435. The summed E-state index contributed by atoms with van der Waals surface area (Å²) < 4.78 is 13.9. The van der Waals surface area contributed by atoms with Gasteiger partial charge in [0, 0.05) is 48.8 Å². The second-order valence-electron chi connectivity index (χ2n) is 8.41. The summed E-state index contributed by atoms with van der Waals surface area (Å²) in [4.78, 5) is 39.2. The Balaban J connectivity index is 1.26. The molecule has 3 amide bonds. The van der Waals surface area contributed by atoms with Crippen molar-refractivity contribution in [1.82, 2.24) is 15.5 Å². The minimum atomic E-state index is -0.347. The summed E-state index contributed by atoms with van der Waals surface area (Å²) in [6.07, 6.45) is 6.14. The van der Waals surface area contributed by atoms with Crippen molar-refractivity contribution in [3.63, 3.8) is 0 Å². The average Bonchev–Trinajstić information content (AvgIpc) is 3.17. The molecule has 3 atom stereocenters. The zero-order chi connectivity index (χ0) is 21.8. The van der Waals surface area contributed by atoms with Gasteiger partial charge in [-0.3, -0.25) is 14.4 Å². The molecule has 2 saturated heterocycles. The summed E-state index contributed by atoms with van der Waals surface area (Å²) in [5.41, 5.74) is 0.405. The lowest BCUT2D eigenvalue weighted by Crippen LogP contribution is -2.51. The van der Waals surface area contributed by atoms with Crippen LogP contribution in [0.1, 0.15) is 44.1 Å². The van der Waals surface area contributed by atoms with E-state index in [1.807, 2.05) is 4.90 Å². The Morgan fingerprint density at radius 3 is 2.90 bits per heavy atom. The molecule has 2 N–H and O–H groups in total. The fourth-order valence-corrected chi connectivity index (χ4v) is 5.81. The van der Waals surface area contributed by atoms with Crippen LogP contribution in [-0.4, -0.2) is 53.5 Å². The SMILES string of the molecule is O=C1NC2CC(C(=O)NCCCN3CCCC3=O)CCC2S/C1=C/c1ccccc1F. The Hall–Kier alpha value is -2.35. The van der Waals surface area contributed by atoms with Gasteiger partial charge < -0.3 is 15.5 Å². The zero-order valence-corrected chi connectivity index (χ0v) is 18.3. The first kappa shape index (κ1) is 21.9. The summed E-state index contributed by atoms with van der Waals surface area (Å²) in [7, 11) is 0. The number of halogens is 1. The molecule has 1 aliphatic carbocycles. The lowest BCUT2D eigenvalue weighted by atomic mass is 9.84. The van der Waals surface area contributed by atoms with Crippen LogP contribution in [0, 0.1) is 11.7 Å². The highest BCUT2D eigenvalue weighted by molar-refractivity contribution is 8.04. The summed E-state index contributed by atoms with van der Waals surface area (Å²) in [5, 5.41) is 6.22. The first-order valence-electron chi connectivity index (χ1n) is 11.0. The van der Waals surface area contributed by atoms with Crippen LogP contribution in [0.3, 0.4) is 0 Å². The van der Waals surface area contributed by atoms with E-state index < -0.39 is 0 Å². The van der Waals surface area contributed by atoms with E-state index in [2.05, 4.69) is 10.6 Å². The Labute approximate surface area is 186 Å². The summed E-state index contributed by atoms with van der Waals surface area (Å²) in [6.45, 7) is 2.07. The van der Waals surface area contributed by atoms with Crippen LogP contribution >= 0.6 is 11.8 Å². The lowest BCUT2D eigenvalue weighted by molar-refractivity contribution is -0.127. The number of rotatable bonds is 6. The molecular formula is C23H28FN3O3S. The number of likely N-dealkylation sites (tertiary alicyclic amines) is 1. The molecule has 6 nitrogen and oxygen atoms in total. The van der Waals surface area contributed by atoms with Gasteiger partial charge in [-0.2, -0.15) is 0 Å². The third-order valence-corrected chi connectivity index (χ3v) is 7.67. The Morgan fingerprint density at radius 2 is 2.13 bits per heavy atom. The maximum absolute atomic E-state index is 13.9. The number of fused-ring (bicyclic) bond motifs is 1. The summed E-state index contributed by atoms with van der Waals surface area (Å²) >= 11 is 1.49. The number of amides is 3. The van der Waals surface area contributed by atoms with Crippen LogP contribution in [0.15, 0.2) is 29.2 Å². The quantitative estimate of drug-likeness (QED) is 0.521. The second-order valence-corrected chi connectivity index (χ2v) is 9.69. The van der Waals surface area contributed by atoms with Gasteiger partial charge in [0.05, 0.1) is 4.91 Å². The molecule has 2 heterocycles. The molecule has 1 aromatic rings. The number of thioether (sulfide) groups is 1. The number of hydrogen-bond donors (Lipinski definition) is 2. The predicted molar refractivity (Wildman–Crippen MR) is 118 cm³/mol. The smallest absolute Gasteiger partial charge is 0.257 e. The van der Waals surface area contributed by atoms with Gasteiger partial charge in [-0.05, 0) is 44.2 Å². The van der Waals surface area contributed by atoms with Crippen molar-refractivity contribution in [2.24, 2.45) is 5.92 Å². The zero-order valence-electron chi connectivity index (χ0n) is 17.4. The van der Waals surface area contributed by atoms with E-state index in [1.165, 1.54) is 17.8 Å². The molecule has 3 aliphatic rings. The van der Waals surface area contributed by atoms with Crippen molar-refractivity contribution in [3.8, 4) is 0 Å². The van der Waals surface area contributed by atoms with Gasteiger partial charge in [-0.1, -0.05) is 18.2 Å². The highest BCUT2D eigenvalue weighted by Crippen LogP contribution is 2.40. The molecule has 31 heavy (non-hydrogen) atoms. The van der Waals surface area contributed by atoms with E-state index in [1.54, 1.807) is 24.3 Å². The van der Waals surface area contributed by atoms with Crippen LogP contribution in [0.5, 0.6) is 0 Å². The van der Waals surface area contributed by atoms with Crippen LogP contribution in [-0.2, 0) is 14.4 Å². The topological polar surface area (TPSA) is 78.5 Å². The molecule has 166 valence electrons. The molecule has 3 fully saturated rings. The van der Waals surface area contributed by atoms with Gasteiger partial charge >= 0.3 is 0 Å². The average molecular weight is 446 g/mol. The van der Waals surface area contributed by atoms with Crippen molar-refractivity contribution >= 4 is 35.6 Å². The van der Waals surface area contributed by atoms with Crippen molar-refractivity contribution < 1.29 is 18.8 Å². The minimum Gasteiger partial charge on any atom is -0.356 e. The number of carbonyl (C=O) groups excluding carboxylic acids is 3. The first-order valence-corrected chi connectivity index (χ1v) is 11.9. The molecule has 0 bridgehead atoms. The third kappa shape index (κ3) is 5.29. The minimum absolute atomic E-state index is 0.0261. The van der Waals surface area contributed by atoms with Crippen LogP contribution in [0.4, 0.5) is 4.39 Å². The van der Waals surface area contributed by atoms with Crippen LogP contribution in [0.25, 0.3) is 6.08 Å². The maximum atomic E-state index is 13.9. The molecule has 1 saturated carbocycles. The van der Waals surface area contributed by atoms with Gasteiger partial charge in [-0.25, -0.2) is 4.39 Å². The normalized spacial score (nSPS) is 27.2. The highest BCUT2D eigenvalue weighted by Gasteiger charge is 2.39. The number of nitrogens with zero attached hydrogens (tertiary/aromatic N) is 1. The Kier molecular flexibility index (Phi) is 6.95. The third-order valence-electron chi connectivity index (χ3n) is 6.24. The monoisotopic (exact) mass is 445 g/mol. The molecule has 1 aromatic carbocycles. The van der Waals surface area contributed by atoms with Crippen molar-refractivity contribution in [2.45, 2.75) is 49.8 Å². The van der Waals surface area contributed by atoms with Gasteiger partial charge in [-0.15, -0.1) is 11.8 Å². The molecule has 2 aliphatic heterocycles. The van der Waals surface area contributed by atoms with Gasteiger partial charge in [0.2, 0.25) is 11.8 Å². The van der Waals surface area contributed by atoms with E-state index in [-0.39, 0.29) is 40.7 Å². The molecule has 0 spiro atoms. The standard InChI is InChI=1S/C23H28FN3O3S/c24-17-6-2-1-5-15(17)14-20-23(30)26-18-13-16(8-9-19(18)31-20)22(29)25-10-4-12-27-11-3-7-21(27)28/h1-2,5-6,14,16,18-19H,3-4,7-13H2,(H,25,29)(H,26,30)/b20-14+. The largest absolute Gasteiger partial charge is 0.356 e. The van der Waals surface area contributed by atoms with Gasteiger partial charge in [0.25, 0.3) is 5.91 Å². The Morgan fingerprint density at radius 1 is 1.29 bits per heavy atom. The van der Waals surface area contributed by atoms with E-state index in [4.69, 9.17) is 0 Å². The van der Waals surface area contributed by atoms with Crippen LogP contribution < -0.4 is 10.6 Å².